The quantitative estimate of drug-likeness (QED) is 0.259. The molecule has 1 fully saturated rings. The highest BCUT2D eigenvalue weighted by atomic mass is 28.4. The Kier molecular flexibility index (Phi) is 9.58. The first kappa shape index (κ1) is 31.4. The molecule has 42 heavy (non-hydrogen) atoms. The number of carbonyl (C=O) groups excluding carboxylic acids is 1. The Hall–Kier alpha value is -3.49. The maximum absolute atomic E-state index is 13.2. The molecular formula is C34H45N3O4Si. The maximum atomic E-state index is 13.2. The van der Waals surface area contributed by atoms with Crippen LogP contribution in [0.25, 0.3) is 0 Å². The van der Waals surface area contributed by atoms with Crippen molar-refractivity contribution in [1.82, 2.24) is 14.8 Å². The van der Waals surface area contributed by atoms with Crippen molar-refractivity contribution in [2.75, 3.05) is 7.05 Å². The molecule has 0 aliphatic carbocycles. The van der Waals surface area contributed by atoms with E-state index in [1.165, 1.54) is 0 Å². The van der Waals surface area contributed by atoms with Crippen LogP contribution >= 0.6 is 0 Å². The lowest BCUT2D eigenvalue weighted by molar-refractivity contribution is 0.0598. The number of hydrogen-bond acceptors (Lipinski definition) is 4. The maximum Gasteiger partial charge on any atom is 0.407 e. The summed E-state index contributed by atoms with van der Waals surface area (Å²) in [6.45, 7) is 13.0. The van der Waals surface area contributed by atoms with E-state index in [-0.39, 0.29) is 35.2 Å². The number of carbonyl (C=O) groups is 2. The Morgan fingerprint density at radius 2 is 1.67 bits per heavy atom. The lowest BCUT2D eigenvalue weighted by Crippen LogP contribution is -2.49. The van der Waals surface area contributed by atoms with Crippen molar-refractivity contribution in [3.8, 4) is 0 Å². The first-order chi connectivity index (χ1) is 19.8. The van der Waals surface area contributed by atoms with Crippen LogP contribution in [0.15, 0.2) is 79.0 Å². The van der Waals surface area contributed by atoms with Gasteiger partial charge in [0.05, 0.1) is 23.9 Å². The van der Waals surface area contributed by atoms with Crippen LogP contribution in [0, 0.1) is 0 Å². The minimum Gasteiger partial charge on any atom is -0.465 e. The van der Waals surface area contributed by atoms with E-state index < -0.39 is 14.4 Å². The fourth-order valence-corrected chi connectivity index (χ4v) is 6.75. The van der Waals surface area contributed by atoms with Gasteiger partial charge in [0, 0.05) is 24.8 Å². The molecule has 7 nitrogen and oxygen atoms in total. The number of likely N-dealkylation sites (tertiary alicyclic amines) is 1. The van der Waals surface area contributed by atoms with Gasteiger partial charge in [-0.2, -0.15) is 0 Å². The Labute approximate surface area is 251 Å². The summed E-state index contributed by atoms with van der Waals surface area (Å²) in [6, 6.07) is 22.7. The molecule has 2 amide bonds. The molecule has 1 saturated heterocycles. The SMILES string of the molecule is CC(c1ccccn1)N(C)C(=O)c1ccc(C[C@@H]2CC[C@H]([C@H](O[Si](C)(C)C(C)(C)C)c3ccccc3)N2C(=O)O)cc1. The lowest BCUT2D eigenvalue weighted by Gasteiger charge is -2.42. The summed E-state index contributed by atoms with van der Waals surface area (Å²) < 4.78 is 6.95. The Morgan fingerprint density at radius 3 is 2.24 bits per heavy atom. The lowest BCUT2D eigenvalue weighted by atomic mass is 10.0. The second kappa shape index (κ2) is 12.8. The minimum absolute atomic E-state index is 0.00522. The van der Waals surface area contributed by atoms with Gasteiger partial charge < -0.3 is 14.4 Å². The smallest absolute Gasteiger partial charge is 0.407 e. The van der Waals surface area contributed by atoms with Crippen LogP contribution in [0.4, 0.5) is 4.79 Å². The third kappa shape index (κ3) is 6.93. The molecule has 1 aliphatic heterocycles. The van der Waals surface area contributed by atoms with E-state index in [0.717, 1.165) is 29.7 Å². The van der Waals surface area contributed by atoms with Gasteiger partial charge in [-0.3, -0.25) is 14.7 Å². The Bertz CT molecular complexity index is 1340. The van der Waals surface area contributed by atoms with Crippen LogP contribution in [0.3, 0.4) is 0 Å². The molecule has 0 spiro atoms. The average molecular weight is 588 g/mol. The van der Waals surface area contributed by atoms with Crippen molar-refractivity contribution < 1.29 is 19.1 Å². The zero-order valence-corrected chi connectivity index (χ0v) is 26.9. The molecule has 224 valence electrons. The highest BCUT2D eigenvalue weighted by molar-refractivity contribution is 6.74. The summed E-state index contributed by atoms with van der Waals surface area (Å²) in [5.74, 6) is -0.0822. The average Bonchev–Trinajstić information content (AvgIpc) is 3.39. The number of rotatable bonds is 9. The summed E-state index contributed by atoms with van der Waals surface area (Å²) >= 11 is 0. The third-order valence-corrected chi connectivity index (χ3v) is 13.6. The van der Waals surface area contributed by atoms with Crippen molar-refractivity contribution in [2.45, 2.75) is 89.3 Å². The van der Waals surface area contributed by atoms with Crippen LogP contribution < -0.4 is 0 Å². The van der Waals surface area contributed by atoms with Crippen LogP contribution in [0.2, 0.25) is 18.1 Å². The van der Waals surface area contributed by atoms with Gasteiger partial charge in [0.2, 0.25) is 0 Å². The number of aromatic nitrogens is 1. The summed E-state index contributed by atoms with van der Waals surface area (Å²) in [5, 5.41) is 10.4. The highest BCUT2D eigenvalue weighted by Gasteiger charge is 2.46. The normalized spacial score (nSPS) is 18.9. The van der Waals surface area contributed by atoms with E-state index in [4.69, 9.17) is 4.43 Å². The minimum atomic E-state index is -2.19. The highest BCUT2D eigenvalue weighted by Crippen LogP contribution is 2.44. The van der Waals surface area contributed by atoms with Crippen LogP contribution in [0.5, 0.6) is 0 Å². The second-order valence-corrected chi connectivity index (χ2v) is 17.7. The van der Waals surface area contributed by atoms with Crippen molar-refractivity contribution in [3.63, 3.8) is 0 Å². The third-order valence-electron chi connectivity index (χ3n) is 9.16. The van der Waals surface area contributed by atoms with Crippen molar-refractivity contribution >= 4 is 20.3 Å². The molecule has 1 aromatic heterocycles. The number of hydrogen-bond donors (Lipinski definition) is 1. The molecule has 2 heterocycles. The number of amides is 2. The molecule has 0 saturated carbocycles. The topological polar surface area (TPSA) is 83.0 Å². The van der Waals surface area contributed by atoms with Gasteiger partial charge in [-0.25, -0.2) is 4.79 Å². The summed E-state index contributed by atoms with van der Waals surface area (Å²) in [7, 11) is -0.409. The Balaban J connectivity index is 1.51. The van der Waals surface area contributed by atoms with Gasteiger partial charge >= 0.3 is 6.09 Å². The van der Waals surface area contributed by atoms with E-state index in [0.29, 0.717) is 12.0 Å². The molecule has 1 aliphatic rings. The second-order valence-electron chi connectivity index (χ2n) is 12.9. The van der Waals surface area contributed by atoms with Gasteiger partial charge in [0.1, 0.15) is 0 Å². The number of nitrogens with zero attached hydrogens (tertiary/aromatic N) is 3. The standard InChI is InChI=1S/C34H45N3O4Si/c1-24(29-15-11-12-22-35-29)36(5)32(38)27-18-16-25(17-19-27)23-28-20-21-30(37(28)33(39)40)31(26-13-9-8-10-14-26)41-42(6,7)34(2,3)4/h8-19,22,24,28,30-31H,20-21,23H2,1-7H3,(H,39,40)/t24?,28-,30+,31+/m0/s1. The van der Waals surface area contributed by atoms with Gasteiger partial charge in [-0.15, -0.1) is 0 Å². The van der Waals surface area contributed by atoms with Crippen molar-refractivity contribution in [2.24, 2.45) is 0 Å². The molecule has 1 N–H and O–H groups in total. The van der Waals surface area contributed by atoms with Crippen LogP contribution in [-0.4, -0.2) is 59.3 Å². The molecule has 1 unspecified atom stereocenters. The molecule has 0 bridgehead atoms. The first-order valence-electron chi connectivity index (χ1n) is 14.8. The number of benzene rings is 2. The zero-order valence-electron chi connectivity index (χ0n) is 25.9. The fourth-order valence-electron chi connectivity index (χ4n) is 5.47. The first-order valence-corrected chi connectivity index (χ1v) is 17.7. The molecular weight excluding hydrogens is 542 g/mol. The van der Waals surface area contributed by atoms with E-state index in [1.807, 2.05) is 79.7 Å². The van der Waals surface area contributed by atoms with Gasteiger partial charge in [0.15, 0.2) is 8.32 Å². The predicted octanol–water partition coefficient (Wildman–Crippen LogP) is 7.73. The number of carboxylic acid groups (broad SMARTS) is 1. The zero-order chi connectivity index (χ0) is 30.7. The molecule has 3 aromatic rings. The van der Waals surface area contributed by atoms with E-state index in [9.17, 15) is 14.7 Å². The molecule has 8 heteroatoms. The van der Waals surface area contributed by atoms with E-state index in [1.54, 1.807) is 23.0 Å². The van der Waals surface area contributed by atoms with Crippen molar-refractivity contribution in [1.29, 1.82) is 0 Å². The number of pyridine rings is 1. The van der Waals surface area contributed by atoms with Crippen LogP contribution in [-0.2, 0) is 10.8 Å². The van der Waals surface area contributed by atoms with Gasteiger partial charge in [0.25, 0.3) is 5.91 Å². The molecule has 4 atom stereocenters. The van der Waals surface area contributed by atoms with E-state index in [2.05, 4.69) is 38.8 Å². The summed E-state index contributed by atoms with van der Waals surface area (Å²) in [4.78, 5) is 33.6. The molecule has 0 radical (unpaired) electrons. The van der Waals surface area contributed by atoms with Gasteiger partial charge in [-0.05, 0) is 79.7 Å². The van der Waals surface area contributed by atoms with Crippen molar-refractivity contribution in [3.05, 3.63) is 101 Å². The predicted molar refractivity (Wildman–Crippen MR) is 169 cm³/mol. The summed E-state index contributed by atoms with van der Waals surface area (Å²) in [6.07, 6.45) is 2.56. The molecule has 2 aromatic carbocycles. The van der Waals surface area contributed by atoms with Gasteiger partial charge in [-0.1, -0.05) is 69.3 Å². The van der Waals surface area contributed by atoms with E-state index >= 15 is 0 Å². The van der Waals surface area contributed by atoms with Crippen LogP contribution in [0.1, 0.15) is 79.9 Å². The summed E-state index contributed by atoms with van der Waals surface area (Å²) in [5.41, 5.74) is 3.45. The molecule has 4 rings (SSSR count). The largest absolute Gasteiger partial charge is 0.465 e. The fraction of sp³-hybridized carbons (Fsp3) is 0.441. The monoisotopic (exact) mass is 587 g/mol. The Morgan fingerprint density at radius 1 is 1.02 bits per heavy atom.